The number of aliphatic hydroxyl groups is 2. The molecule has 0 aromatic rings. The van der Waals surface area contributed by atoms with Crippen molar-refractivity contribution >= 4 is 11.8 Å². The molecule has 0 spiro atoms. The highest BCUT2D eigenvalue weighted by Gasteiger charge is 2.08. The summed E-state index contributed by atoms with van der Waals surface area (Å²) < 4.78 is 5.47. The van der Waals surface area contributed by atoms with Gasteiger partial charge in [-0.25, -0.2) is 0 Å². The Bertz CT molecular complexity index is 339. The van der Waals surface area contributed by atoms with E-state index in [4.69, 9.17) is 14.9 Å². The van der Waals surface area contributed by atoms with Gasteiger partial charge < -0.3 is 24.7 Å². The standard InChI is InChI=1S/C16H28N2O5/c1-3-15(21)17(13-19)9-5-7-11-23-12-8-6-10-18(14-20)16(22)4-2/h3-4,19-20H,1-2,5-14H2. The van der Waals surface area contributed by atoms with E-state index in [1.807, 2.05) is 0 Å². The van der Waals surface area contributed by atoms with Crippen molar-refractivity contribution in [3.05, 3.63) is 25.3 Å². The summed E-state index contributed by atoms with van der Waals surface area (Å²) in [5, 5.41) is 18.0. The average molecular weight is 328 g/mol. The first-order valence-corrected chi connectivity index (χ1v) is 7.72. The topological polar surface area (TPSA) is 90.3 Å². The second-order valence-corrected chi connectivity index (χ2v) is 4.92. The molecule has 132 valence electrons. The molecule has 7 nitrogen and oxygen atoms in total. The van der Waals surface area contributed by atoms with Crippen molar-refractivity contribution in [1.29, 1.82) is 0 Å². The summed E-state index contributed by atoms with van der Waals surface area (Å²) in [5.41, 5.74) is 0. The molecule has 0 bridgehead atoms. The summed E-state index contributed by atoms with van der Waals surface area (Å²) in [4.78, 5) is 25.2. The third-order valence-electron chi connectivity index (χ3n) is 3.25. The summed E-state index contributed by atoms with van der Waals surface area (Å²) in [5.74, 6) is -0.563. The minimum Gasteiger partial charge on any atom is -0.381 e. The SMILES string of the molecule is C=CC(=O)N(CO)CCCCOCCCCN(CO)C(=O)C=C. The molecule has 0 atom stereocenters. The van der Waals surface area contributed by atoms with Gasteiger partial charge in [-0.1, -0.05) is 13.2 Å². The number of ether oxygens (including phenoxy) is 1. The van der Waals surface area contributed by atoms with Gasteiger partial charge >= 0.3 is 0 Å². The molecule has 0 radical (unpaired) electrons. The Kier molecular flexibility index (Phi) is 12.9. The molecule has 0 aromatic heterocycles. The quantitative estimate of drug-likeness (QED) is 0.275. The fourth-order valence-electron chi connectivity index (χ4n) is 1.88. The molecule has 0 aromatic carbocycles. The van der Waals surface area contributed by atoms with Crippen molar-refractivity contribution in [2.45, 2.75) is 25.7 Å². The van der Waals surface area contributed by atoms with Crippen LogP contribution in [-0.4, -0.2) is 71.6 Å². The maximum absolute atomic E-state index is 11.3. The van der Waals surface area contributed by atoms with Crippen LogP contribution in [0.5, 0.6) is 0 Å². The molecule has 0 rings (SSSR count). The van der Waals surface area contributed by atoms with Crippen molar-refractivity contribution in [3.8, 4) is 0 Å². The number of rotatable bonds is 14. The van der Waals surface area contributed by atoms with Crippen LogP contribution in [0.25, 0.3) is 0 Å². The Labute approximate surface area is 137 Å². The van der Waals surface area contributed by atoms with Crippen LogP contribution in [0, 0.1) is 0 Å². The van der Waals surface area contributed by atoms with Gasteiger partial charge in [-0.3, -0.25) is 9.59 Å². The first kappa shape index (κ1) is 21.3. The minimum atomic E-state index is -0.309. The minimum absolute atomic E-state index is 0.282. The molecule has 0 aliphatic carbocycles. The first-order valence-electron chi connectivity index (χ1n) is 7.72. The number of carbonyl (C=O) groups is 2. The highest BCUT2D eigenvalue weighted by Crippen LogP contribution is 2.00. The fraction of sp³-hybridized carbons (Fsp3) is 0.625. The Morgan fingerprint density at radius 3 is 1.52 bits per heavy atom. The van der Waals surface area contributed by atoms with E-state index in [0.717, 1.165) is 25.7 Å². The van der Waals surface area contributed by atoms with Gasteiger partial charge in [0.05, 0.1) is 0 Å². The van der Waals surface area contributed by atoms with Gasteiger partial charge in [0.25, 0.3) is 0 Å². The van der Waals surface area contributed by atoms with Gasteiger partial charge in [-0.05, 0) is 37.8 Å². The summed E-state index contributed by atoms with van der Waals surface area (Å²) in [6, 6.07) is 0. The zero-order chi connectivity index (χ0) is 17.5. The molecule has 2 amide bonds. The lowest BCUT2D eigenvalue weighted by atomic mass is 10.3. The van der Waals surface area contributed by atoms with Crippen molar-refractivity contribution in [3.63, 3.8) is 0 Å². The molecule has 0 saturated carbocycles. The van der Waals surface area contributed by atoms with Gasteiger partial charge in [0, 0.05) is 26.3 Å². The van der Waals surface area contributed by atoms with Crippen LogP contribution in [0.2, 0.25) is 0 Å². The number of nitrogens with zero attached hydrogens (tertiary/aromatic N) is 2. The van der Waals surface area contributed by atoms with Crippen LogP contribution in [0.4, 0.5) is 0 Å². The van der Waals surface area contributed by atoms with Gasteiger partial charge in [-0.2, -0.15) is 0 Å². The normalized spacial score (nSPS) is 10.2. The summed E-state index contributed by atoms with van der Waals surface area (Å²) in [6.07, 6.45) is 5.43. The molecule has 2 N–H and O–H groups in total. The number of unbranched alkanes of at least 4 members (excludes halogenated alkanes) is 2. The monoisotopic (exact) mass is 328 g/mol. The second-order valence-electron chi connectivity index (χ2n) is 4.92. The zero-order valence-corrected chi connectivity index (χ0v) is 13.7. The second kappa shape index (κ2) is 13.9. The van der Waals surface area contributed by atoms with Crippen LogP contribution in [-0.2, 0) is 14.3 Å². The number of aliphatic hydroxyl groups excluding tert-OH is 2. The molecule has 0 aliphatic rings. The maximum Gasteiger partial charge on any atom is 0.247 e. The molecule has 0 fully saturated rings. The van der Waals surface area contributed by atoms with E-state index in [0.29, 0.717) is 26.3 Å². The van der Waals surface area contributed by atoms with Crippen molar-refractivity contribution in [2.75, 3.05) is 39.8 Å². The van der Waals surface area contributed by atoms with Gasteiger partial charge in [-0.15, -0.1) is 0 Å². The molecule has 0 saturated heterocycles. The molecular formula is C16H28N2O5. The van der Waals surface area contributed by atoms with E-state index in [9.17, 15) is 9.59 Å². The maximum atomic E-state index is 11.3. The highest BCUT2D eigenvalue weighted by atomic mass is 16.5. The highest BCUT2D eigenvalue weighted by molar-refractivity contribution is 5.87. The van der Waals surface area contributed by atoms with E-state index in [2.05, 4.69) is 13.2 Å². The molecule has 23 heavy (non-hydrogen) atoms. The number of hydrogen-bond donors (Lipinski definition) is 2. The van der Waals surface area contributed by atoms with Crippen LogP contribution >= 0.6 is 0 Å². The molecule has 0 aliphatic heterocycles. The average Bonchev–Trinajstić information content (AvgIpc) is 2.58. The fourth-order valence-corrected chi connectivity index (χ4v) is 1.88. The smallest absolute Gasteiger partial charge is 0.247 e. The van der Waals surface area contributed by atoms with Gasteiger partial charge in [0.15, 0.2) is 0 Å². The van der Waals surface area contributed by atoms with Gasteiger partial charge in [0.2, 0.25) is 11.8 Å². The molecule has 0 unspecified atom stereocenters. The lowest BCUT2D eigenvalue weighted by Gasteiger charge is -2.18. The van der Waals surface area contributed by atoms with E-state index in [1.165, 1.54) is 22.0 Å². The lowest BCUT2D eigenvalue weighted by molar-refractivity contribution is -0.130. The predicted molar refractivity (Wildman–Crippen MR) is 87.3 cm³/mol. The Morgan fingerprint density at radius 2 is 1.22 bits per heavy atom. The van der Waals surface area contributed by atoms with Crippen molar-refractivity contribution in [2.24, 2.45) is 0 Å². The van der Waals surface area contributed by atoms with Crippen molar-refractivity contribution < 1.29 is 24.5 Å². The van der Waals surface area contributed by atoms with Crippen LogP contribution in [0.15, 0.2) is 25.3 Å². The van der Waals surface area contributed by atoms with Crippen LogP contribution < -0.4 is 0 Å². The first-order chi connectivity index (χ1) is 11.1. The van der Waals surface area contributed by atoms with E-state index in [1.54, 1.807) is 0 Å². The molecule has 0 heterocycles. The van der Waals surface area contributed by atoms with E-state index >= 15 is 0 Å². The molecular weight excluding hydrogens is 300 g/mol. The summed E-state index contributed by atoms with van der Waals surface area (Å²) in [6.45, 7) is 8.24. The lowest BCUT2D eigenvalue weighted by Crippen LogP contribution is -2.31. The number of hydrogen-bond acceptors (Lipinski definition) is 5. The van der Waals surface area contributed by atoms with E-state index < -0.39 is 0 Å². The van der Waals surface area contributed by atoms with Crippen molar-refractivity contribution in [1.82, 2.24) is 9.80 Å². The van der Waals surface area contributed by atoms with Crippen LogP contribution in [0.1, 0.15) is 25.7 Å². The zero-order valence-electron chi connectivity index (χ0n) is 13.7. The number of carbonyl (C=O) groups excluding carboxylic acids is 2. The third-order valence-corrected chi connectivity index (χ3v) is 3.25. The van der Waals surface area contributed by atoms with E-state index in [-0.39, 0.29) is 25.3 Å². The van der Waals surface area contributed by atoms with Crippen LogP contribution in [0.3, 0.4) is 0 Å². The Morgan fingerprint density at radius 1 is 0.826 bits per heavy atom. The van der Waals surface area contributed by atoms with Gasteiger partial charge in [0.1, 0.15) is 13.5 Å². The molecule has 7 heteroatoms. The third kappa shape index (κ3) is 9.83. The summed E-state index contributed by atoms with van der Waals surface area (Å²) >= 11 is 0. The Balaban J connectivity index is 3.56. The predicted octanol–water partition coefficient (Wildman–Crippen LogP) is 0.492. The number of amides is 2. The Hall–Kier alpha value is -1.70. The largest absolute Gasteiger partial charge is 0.381 e. The summed E-state index contributed by atoms with van der Waals surface area (Å²) in [7, 11) is 0.